The smallest absolute Gasteiger partial charge is 0.279 e. The van der Waals surface area contributed by atoms with Gasteiger partial charge in [-0.3, -0.25) is 4.72 Å². The highest BCUT2D eigenvalue weighted by atomic mass is 35.5. The van der Waals surface area contributed by atoms with Gasteiger partial charge in [0.15, 0.2) is 0 Å². The van der Waals surface area contributed by atoms with E-state index in [1.807, 2.05) is 31.2 Å². The molecule has 1 atom stereocenters. The number of hydrogen-bond acceptors (Lipinski definition) is 5. The first-order chi connectivity index (χ1) is 15.5. The summed E-state index contributed by atoms with van der Waals surface area (Å²) in [6.45, 7) is 1.92. The highest BCUT2D eigenvalue weighted by Crippen LogP contribution is 2.38. The maximum absolute atomic E-state index is 13.6. The first kappa shape index (κ1) is 23.3. The molecule has 3 aromatic rings. The van der Waals surface area contributed by atoms with Crippen molar-refractivity contribution >= 4 is 43.0 Å². The Hall–Kier alpha value is -2.88. The molecule has 10 heteroatoms. The average Bonchev–Trinajstić information content (AvgIpc) is 3.19. The first-order valence-corrected chi connectivity index (χ1v) is 13.8. The van der Waals surface area contributed by atoms with Gasteiger partial charge in [-0.25, -0.2) is 8.42 Å². The number of nitrogens with zero attached hydrogens (tertiary/aromatic N) is 2. The summed E-state index contributed by atoms with van der Waals surface area (Å²) in [5, 5.41) is 4.83. The van der Waals surface area contributed by atoms with E-state index in [4.69, 9.17) is 11.6 Å². The fraction of sp³-hybridized carbons (Fsp3) is 0.174. The van der Waals surface area contributed by atoms with Crippen LogP contribution in [0.2, 0.25) is 5.02 Å². The number of hydrogen-bond donors (Lipinski definition) is 1. The van der Waals surface area contributed by atoms with Crippen molar-refractivity contribution in [2.75, 3.05) is 11.0 Å². The molecule has 33 heavy (non-hydrogen) atoms. The molecule has 0 aliphatic carbocycles. The molecule has 0 saturated heterocycles. The number of nitrogens with one attached hydrogen (secondary N) is 1. The Morgan fingerprint density at radius 3 is 2.39 bits per heavy atom. The molecule has 0 unspecified atom stereocenters. The van der Waals surface area contributed by atoms with E-state index in [0.717, 1.165) is 21.8 Å². The highest BCUT2D eigenvalue weighted by molar-refractivity contribution is 7.92. The van der Waals surface area contributed by atoms with E-state index in [1.165, 1.54) is 12.1 Å². The van der Waals surface area contributed by atoms with Gasteiger partial charge >= 0.3 is 0 Å². The van der Waals surface area contributed by atoms with Crippen LogP contribution in [0, 0.1) is 6.92 Å². The van der Waals surface area contributed by atoms with Crippen molar-refractivity contribution in [1.29, 1.82) is 0 Å². The van der Waals surface area contributed by atoms with Crippen molar-refractivity contribution in [3.05, 3.63) is 94.5 Å². The van der Waals surface area contributed by atoms with E-state index in [2.05, 4.69) is 9.82 Å². The number of anilines is 1. The Labute approximate surface area is 198 Å². The third kappa shape index (κ3) is 5.05. The van der Waals surface area contributed by atoms with Crippen molar-refractivity contribution < 1.29 is 16.8 Å². The normalized spacial score (nSPS) is 16.5. The van der Waals surface area contributed by atoms with Crippen molar-refractivity contribution in [2.24, 2.45) is 5.10 Å². The lowest BCUT2D eigenvalue weighted by atomic mass is 9.96. The molecule has 1 aliphatic rings. The Morgan fingerprint density at radius 2 is 1.70 bits per heavy atom. The number of benzene rings is 3. The van der Waals surface area contributed by atoms with Gasteiger partial charge in [0, 0.05) is 17.1 Å². The molecule has 4 rings (SSSR count). The summed E-state index contributed by atoms with van der Waals surface area (Å²) < 4.78 is 54.0. The van der Waals surface area contributed by atoms with Crippen LogP contribution in [0.3, 0.4) is 0 Å². The molecular weight excluding hydrogens is 482 g/mol. The number of sulfonamides is 2. The Bertz CT molecular complexity index is 1450. The molecule has 172 valence electrons. The minimum atomic E-state index is -4.01. The van der Waals surface area contributed by atoms with Gasteiger partial charge in [0.25, 0.3) is 10.0 Å². The summed E-state index contributed by atoms with van der Waals surface area (Å²) in [5.41, 5.74) is 3.32. The van der Waals surface area contributed by atoms with Gasteiger partial charge in [0.2, 0.25) is 10.0 Å². The largest absolute Gasteiger partial charge is 0.284 e. The van der Waals surface area contributed by atoms with Gasteiger partial charge in [-0.2, -0.15) is 17.9 Å². The predicted molar refractivity (Wildman–Crippen MR) is 130 cm³/mol. The second-order valence-corrected chi connectivity index (χ2v) is 11.8. The van der Waals surface area contributed by atoms with Crippen molar-refractivity contribution in [1.82, 2.24) is 4.41 Å². The molecule has 0 radical (unpaired) electrons. The quantitative estimate of drug-likeness (QED) is 0.533. The first-order valence-electron chi connectivity index (χ1n) is 10.1. The molecule has 7 nitrogen and oxygen atoms in total. The van der Waals surface area contributed by atoms with Gasteiger partial charge < -0.3 is 0 Å². The summed E-state index contributed by atoms with van der Waals surface area (Å²) in [4.78, 5) is 0.0473. The summed E-state index contributed by atoms with van der Waals surface area (Å²) in [5.74, 6) is 0. The summed E-state index contributed by atoms with van der Waals surface area (Å²) in [6, 6.07) is 19.8. The molecule has 0 saturated carbocycles. The highest BCUT2D eigenvalue weighted by Gasteiger charge is 2.38. The van der Waals surface area contributed by atoms with E-state index in [0.29, 0.717) is 28.4 Å². The van der Waals surface area contributed by atoms with Crippen LogP contribution < -0.4 is 4.72 Å². The van der Waals surface area contributed by atoms with Crippen LogP contribution in [0.1, 0.15) is 29.2 Å². The second kappa shape index (κ2) is 8.81. The monoisotopic (exact) mass is 503 g/mol. The van der Waals surface area contributed by atoms with Crippen molar-refractivity contribution in [3.63, 3.8) is 0 Å². The van der Waals surface area contributed by atoms with Crippen LogP contribution in [0.4, 0.5) is 5.69 Å². The number of rotatable bonds is 6. The molecule has 0 bridgehead atoms. The van der Waals surface area contributed by atoms with Crippen LogP contribution in [-0.2, 0) is 20.0 Å². The van der Waals surface area contributed by atoms with Crippen LogP contribution >= 0.6 is 11.6 Å². The number of aryl methyl sites for hydroxylation is 1. The SMILES string of the molecule is Cc1ccccc1[C@@H]1CC(c2cccc(NS(C)(=O)=O)c2)=NN1S(=O)(=O)c1cccc(Cl)c1. The summed E-state index contributed by atoms with van der Waals surface area (Å²) in [6.07, 6.45) is 1.40. The maximum atomic E-state index is 13.6. The molecule has 1 aliphatic heterocycles. The topological polar surface area (TPSA) is 95.9 Å². The lowest BCUT2D eigenvalue weighted by Gasteiger charge is -2.24. The zero-order valence-corrected chi connectivity index (χ0v) is 20.3. The van der Waals surface area contributed by atoms with Crippen LogP contribution in [0.25, 0.3) is 0 Å². The van der Waals surface area contributed by atoms with Crippen molar-refractivity contribution in [3.8, 4) is 0 Å². The van der Waals surface area contributed by atoms with Crippen LogP contribution in [0.15, 0.2) is 82.8 Å². The van der Waals surface area contributed by atoms with Crippen molar-refractivity contribution in [2.45, 2.75) is 24.3 Å². The van der Waals surface area contributed by atoms with E-state index < -0.39 is 26.1 Å². The van der Waals surface area contributed by atoms with Gasteiger partial charge in [-0.1, -0.05) is 54.1 Å². The molecule has 1 N–H and O–H groups in total. The minimum absolute atomic E-state index is 0.0473. The zero-order valence-electron chi connectivity index (χ0n) is 17.9. The molecule has 0 spiro atoms. The maximum Gasteiger partial charge on any atom is 0.279 e. The molecule has 0 aromatic heterocycles. The zero-order chi connectivity index (χ0) is 23.8. The third-order valence-corrected chi connectivity index (χ3v) is 7.78. The van der Waals surface area contributed by atoms with Gasteiger partial charge in [0.05, 0.1) is 22.9 Å². The Morgan fingerprint density at radius 1 is 0.970 bits per heavy atom. The van der Waals surface area contributed by atoms with Gasteiger partial charge in [-0.15, -0.1) is 0 Å². The summed E-state index contributed by atoms with van der Waals surface area (Å²) in [7, 11) is -7.46. The van der Waals surface area contributed by atoms with Gasteiger partial charge in [-0.05, 0) is 53.9 Å². The lowest BCUT2D eigenvalue weighted by Crippen LogP contribution is -2.27. The van der Waals surface area contributed by atoms with Crippen LogP contribution in [0.5, 0.6) is 0 Å². The molecule has 0 fully saturated rings. The molecule has 1 heterocycles. The molecule has 0 amide bonds. The summed E-state index contributed by atoms with van der Waals surface area (Å²) >= 11 is 6.06. The average molecular weight is 504 g/mol. The third-order valence-electron chi connectivity index (χ3n) is 5.26. The number of hydrazone groups is 1. The fourth-order valence-corrected chi connectivity index (χ4v) is 6.07. The van der Waals surface area contributed by atoms with E-state index in [9.17, 15) is 16.8 Å². The Balaban J connectivity index is 1.81. The fourth-order valence-electron chi connectivity index (χ4n) is 3.79. The lowest BCUT2D eigenvalue weighted by molar-refractivity contribution is 0.370. The van der Waals surface area contributed by atoms with Gasteiger partial charge in [0.1, 0.15) is 0 Å². The number of halogens is 1. The molecule has 3 aromatic carbocycles. The predicted octanol–water partition coefficient (Wildman–Crippen LogP) is 4.56. The van der Waals surface area contributed by atoms with E-state index in [1.54, 1.807) is 36.4 Å². The minimum Gasteiger partial charge on any atom is -0.284 e. The van der Waals surface area contributed by atoms with E-state index in [-0.39, 0.29) is 4.90 Å². The standard InChI is InChI=1S/C23H22ClN3O4S2/c1-16-7-3-4-12-21(16)23-15-22(17-8-5-10-19(13-17)26-32(2,28)29)25-27(23)33(30,31)20-11-6-9-18(24)14-20/h3-14,23,26H,15H2,1-2H3/t23-/m0/s1. The van der Waals surface area contributed by atoms with Crippen LogP contribution in [-0.4, -0.2) is 33.2 Å². The molecular formula is C23H22ClN3O4S2. The second-order valence-electron chi connectivity index (χ2n) is 7.81. The Kier molecular flexibility index (Phi) is 6.22. The van der Waals surface area contributed by atoms with E-state index >= 15 is 0 Å².